The molecule has 0 aliphatic carbocycles. The minimum atomic E-state index is -3.68. The number of amides is 1. The lowest BCUT2D eigenvalue weighted by atomic mass is 9.99. The zero-order chi connectivity index (χ0) is 17.2. The van der Waals surface area contributed by atoms with Crippen LogP contribution in [0.1, 0.15) is 30.1 Å². The molecule has 1 unspecified atom stereocenters. The van der Waals surface area contributed by atoms with E-state index in [0.29, 0.717) is 24.6 Å². The molecule has 1 fully saturated rings. The molecule has 0 N–H and O–H groups in total. The molecule has 0 bridgehead atoms. The summed E-state index contributed by atoms with van der Waals surface area (Å²) in [5.41, 5.74) is 0.375. The van der Waals surface area contributed by atoms with Crippen molar-refractivity contribution >= 4 is 15.9 Å². The van der Waals surface area contributed by atoms with Gasteiger partial charge in [-0.05, 0) is 37.0 Å². The Morgan fingerprint density at radius 2 is 2.04 bits per heavy atom. The van der Waals surface area contributed by atoms with E-state index in [4.69, 9.17) is 4.74 Å². The highest BCUT2D eigenvalue weighted by Crippen LogP contribution is 2.28. The van der Waals surface area contributed by atoms with E-state index in [1.54, 1.807) is 11.0 Å². The number of hydrogen-bond acceptors (Lipinski definition) is 4. The van der Waals surface area contributed by atoms with Gasteiger partial charge in [0.15, 0.2) is 0 Å². The fraction of sp³-hybridized carbons (Fsp3) is 0.562. The van der Waals surface area contributed by atoms with Crippen molar-refractivity contribution < 1.29 is 17.9 Å². The van der Waals surface area contributed by atoms with E-state index in [1.165, 1.54) is 33.3 Å². The fourth-order valence-electron chi connectivity index (χ4n) is 2.76. The molecule has 1 aromatic rings. The van der Waals surface area contributed by atoms with Crippen LogP contribution in [0.4, 0.5) is 0 Å². The number of likely N-dealkylation sites (tertiary alicyclic amines) is 1. The summed E-state index contributed by atoms with van der Waals surface area (Å²) in [6.45, 7) is 3.54. The number of sulfonamides is 1. The van der Waals surface area contributed by atoms with Gasteiger partial charge in [0, 0.05) is 32.7 Å². The van der Waals surface area contributed by atoms with Gasteiger partial charge in [-0.1, -0.05) is 6.92 Å². The maximum Gasteiger partial charge on any atom is 0.253 e. The fourth-order valence-corrected chi connectivity index (χ4v) is 3.84. The molecule has 128 valence electrons. The summed E-state index contributed by atoms with van der Waals surface area (Å²) in [6, 6.07) is 4.57. The van der Waals surface area contributed by atoms with Crippen molar-refractivity contribution in [2.24, 2.45) is 5.92 Å². The first kappa shape index (κ1) is 17.7. The number of piperidine rings is 1. The van der Waals surface area contributed by atoms with Crippen molar-refractivity contribution in [3.05, 3.63) is 23.8 Å². The minimum absolute atomic E-state index is 0.0147. The maximum absolute atomic E-state index is 12.7. The highest BCUT2D eigenvalue weighted by atomic mass is 32.2. The van der Waals surface area contributed by atoms with Crippen LogP contribution < -0.4 is 4.74 Å². The van der Waals surface area contributed by atoms with Crippen LogP contribution in [0.3, 0.4) is 0 Å². The van der Waals surface area contributed by atoms with Gasteiger partial charge in [0.25, 0.3) is 5.91 Å². The smallest absolute Gasteiger partial charge is 0.253 e. The predicted octanol–water partition coefficient (Wildman–Crippen LogP) is 1.82. The molecule has 0 spiro atoms. The van der Waals surface area contributed by atoms with E-state index < -0.39 is 10.0 Å². The second-order valence-corrected chi connectivity index (χ2v) is 8.27. The first-order valence-corrected chi connectivity index (χ1v) is 9.11. The summed E-state index contributed by atoms with van der Waals surface area (Å²) in [6.07, 6.45) is 2.10. The summed E-state index contributed by atoms with van der Waals surface area (Å²) in [4.78, 5) is 14.5. The van der Waals surface area contributed by atoms with Gasteiger partial charge < -0.3 is 9.64 Å². The highest BCUT2D eigenvalue weighted by Gasteiger charge is 2.26. The summed E-state index contributed by atoms with van der Waals surface area (Å²) < 4.78 is 31.1. The number of rotatable bonds is 4. The Hall–Kier alpha value is -1.60. The van der Waals surface area contributed by atoms with Gasteiger partial charge in [0.05, 0.1) is 7.11 Å². The monoisotopic (exact) mass is 340 g/mol. The van der Waals surface area contributed by atoms with Crippen LogP contribution in [-0.4, -0.2) is 57.8 Å². The topological polar surface area (TPSA) is 66.9 Å². The number of ether oxygens (including phenoxy) is 1. The van der Waals surface area contributed by atoms with Crippen molar-refractivity contribution in [1.29, 1.82) is 0 Å². The second-order valence-electron chi connectivity index (χ2n) is 6.15. The van der Waals surface area contributed by atoms with E-state index in [-0.39, 0.29) is 16.6 Å². The van der Waals surface area contributed by atoms with Crippen LogP contribution in [-0.2, 0) is 10.0 Å². The first-order valence-electron chi connectivity index (χ1n) is 7.67. The first-order chi connectivity index (χ1) is 10.8. The molecule has 1 saturated heterocycles. The molecular weight excluding hydrogens is 316 g/mol. The summed E-state index contributed by atoms with van der Waals surface area (Å²) in [5, 5.41) is 0. The second kappa shape index (κ2) is 6.88. The average Bonchev–Trinajstić information content (AvgIpc) is 2.53. The quantitative estimate of drug-likeness (QED) is 0.838. The molecule has 0 saturated carbocycles. The molecule has 1 aromatic carbocycles. The largest absolute Gasteiger partial charge is 0.495 e. The summed E-state index contributed by atoms with van der Waals surface area (Å²) in [7, 11) is 0.643. The van der Waals surface area contributed by atoms with Gasteiger partial charge >= 0.3 is 0 Å². The molecule has 1 aliphatic heterocycles. The van der Waals surface area contributed by atoms with Crippen LogP contribution in [0.15, 0.2) is 23.1 Å². The third-order valence-electron chi connectivity index (χ3n) is 4.11. The number of benzene rings is 1. The average molecular weight is 340 g/mol. The molecule has 6 nitrogen and oxygen atoms in total. The lowest BCUT2D eigenvalue weighted by Gasteiger charge is -2.31. The van der Waals surface area contributed by atoms with E-state index >= 15 is 0 Å². The molecule has 2 rings (SSSR count). The highest BCUT2D eigenvalue weighted by molar-refractivity contribution is 7.89. The van der Waals surface area contributed by atoms with Gasteiger partial charge in [0.2, 0.25) is 10.0 Å². The molecule has 0 radical (unpaired) electrons. The standard InChI is InChI=1S/C16H24N2O4S/c1-12-6-5-9-18(11-12)16(19)13-7-8-14(22-4)15(10-13)23(20,21)17(2)3/h7-8,10,12H,5-6,9,11H2,1-4H3. The molecule has 1 atom stereocenters. The zero-order valence-electron chi connectivity index (χ0n) is 14.1. The van der Waals surface area contributed by atoms with Gasteiger partial charge in [-0.3, -0.25) is 4.79 Å². The Labute approximate surface area is 138 Å². The number of carbonyl (C=O) groups is 1. The Kier molecular flexibility index (Phi) is 5.31. The van der Waals surface area contributed by atoms with Crippen molar-refractivity contribution in [3.8, 4) is 5.75 Å². The number of methoxy groups -OCH3 is 1. The maximum atomic E-state index is 12.7. The van der Waals surface area contributed by atoms with Crippen molar-refractivity contribution in [1.82, 2.24) is 9.21 Å². The Morgan fingerprint density at radius 1 is 1.35 bits per heavy atom. The minimum Gasteiger partial charge on any atom is -0.495 e. The van der Waals surface area contributed by atoms with Crippen LogP contribution >= 0.6 is 0 Å². The van der Waals surface area contributed by atoms with Crippen LogP contribution in [0.2, 0.25) is 0 Å². The lowest BCUT2D eigenvalue weighted by Crippen LogP contribution is -2.39. The van der Waals surface area contributed by atoms with E-state index in [0.717, 1.165) is 17.1 Å². The third-order valence-corrected chi connectivity index (χ3v) is 5.95. The molecule has 1 aliphatic rings. The molecule has 23 heavy (non-hydrogen) atoms. The van der Waals surface area contributed by atoms with Crippen LogP contribution in [0.25, 0.3) is 0 Å². The van der Waals surface area contributed by atoms with E-state index in [1.807, 2.05) is 0 Å². The van der Waals surface area contributed by atoms with Gasteiger partial charge in [-0.2, -0.15) is 0 Å². The number of carbonyl (C=O) groups excluding carboxylic acids is 1. The SMILES string of the molecule is COc1ccc(C(=O)N2CCCC(C)C2)cc1S(=O)(=O)N(C)C. The van der Waals surface area contributed by atoms with Crippen molar-refractivity contribution in [2.75, 3.05) is 34.3 Å². The number of nitrogens with zero attached hydrogens (tertiary/aromatic N) is 2. The Morgan fingerprint density at radius 3 is 2.61 bits per heavy atom. The van der Waals surface area contributed by atoms with Crippen molar-refractivity contribution in [3.63, 3.8) is 0 Å². The third kappa shape index (κ3) is 3.67. The Bertz CT molecular complexity index is 685. The summed E-state index contributed by atoms with van der Waals surface area (Å²) >= 11 is 0. The van der Waals surface area contributed by atoms with E-state index in [2.05, 4.69) is 6.92 Å². The molecule has 0 aromatic heterocycles. The van der Waals surface area contributed by atoms with E-state index in [9.17, 15) is 13.2 Å². The predicted molar refractivity (Wildman–Crippen MR) is 88.2 cm³/mol. The molecule has 1 heterocycles. The van der Waals surface area contributed by atoms with Gasteiger partial charge in [-0.15, -0.1) is 0 Å². The molecular formula is C16H24N2O4S. The van der Waals surface area contributed by atoms with Crippen LogP contribution in [0, 0.1) is 5.92 Å². The van der Waals surface area contributed by atoms with Crippen molar-refractivity contribution in [2.45, 2.75) is 24.7 Å². The zero-order valence-corrected chi connectivity index (χ0v) is 14.9. The molecule has 1 amide bonds. The Balaban J connectivity index is 2.39. The lowest BCUT2D eigenvalue weighted by molar-refractivity contribution is 0.0682. The summed E-state index contributed by atoms with van der Waals surface area (Å²) in [5.74, 6) is 0.576. The van der Waals surface area contributed by atoms with Gasteiger partial charge in [-0.25, -0.2) is 12.7 Å². The normalized spacial score (nSPS) is 19.0. The number of hydrogen-bond donors (Lipinski definition) is 0. The van der Waals surface area contributed by atoms with Gasteiger partial charge in [0.1, 0.15) is 10.6 Å². The molecule has 7 heteroatoms. The van der Waals surface area contributed by atoms with Crippen LogP contribution in [0.5, 0.6) is 5.75 Å².